The molecule has 0 aliphatic heterocycles. The number of hydrogen-bond acceptors (Lipinski definition) is 4. The zero-order valence-corrected chi connectivity index (χ0v) is 12.0. The number of hydrogen-bond donors (Lipinski definition) is 1. The minimum absolute atomic E-state index is 0.710. The summed E-state index contributed by atoms with van der Waals surface area (Å²) >= 11 is 1.80. The van der Waals surface area contributed by atoms with E-state index in [2.05, 4.69) is 40.6 Å². The predicted molar refractivity (Wildman–Crippen MR) is 79.6 cm³/mol. The fraction of sp³-hybridized carbons (Fsp3) is 0.267. The third kappa shape index (κ3) is 3.98. The Kier molecular flexibility index (Phi) is 5.24. The third-order valence-corrected chi connectivity index (χ3v) is 3.76. The number of benzene rings is 1. The quantitative estimate of drug-likeness (QED) is 0.821. The van der Waals surface area contributed by atoms with E-state index in [-0.39, 0.29) is 0 Å². The molecule has 2 aromatic rings. The maximum absolute atomic E-state index is 5.26. The molecule has 19 heavy (non-hydrogen) atoms. The van der Waals surface area contributed by atoms with Crippen LogP contribution in [0.1, 0.15) is 11.1 Å². The predicted octanol–water partition coefficient (Wildman–Crippen LogP) is 3.10. The molecule has 1 aromatic heterocycles. The Morgan fingerprint density at radius 2 is 2.16 bits per heavy atom. The van der Waals surface area contributed by atoms with E-state index in [0.717, 1.165) is 17.9 Å². The first-order valence-electron chi connectivity index (χ1n) is 6.17. The van der Waals surface area contributed by atoms with Crippen molar-refractivity contribution in [3.8, 4) is 5.88 Å². The molecule has 0 unspecified atom stereocenters. The van der Waals surface area contributed by atoms with Crippen molar-refractivity contribution in [2.24, 2.45) is 0 Å². The van der Waals surface area contributed by atoms with Crippen molar-refractivity contribution in [2.45, 2.75) is 17.2 Å². The van der Waals surface area contributed by atoms with Gasteiger partial charge in [0.25, 0.3) is 0 Å². The van der Waals surface area contributed by atoms with Gasteiger partial charge >= 0.3 is 0 Å². The Hall–Kier alpha value is -1.52. The second-order valence-corrected chi connectivity index (χ2v) is 5.19. The van der Waals surface area contributed by atoms with Crippen molar-refractivity contribution in [2.75, 3.05) is 14.2 Å². The van der Waals surface area contributed by atoms with E-state index < -0.39 is 0 Å². The van der Waals surface area contributed by atoms with Crippen LogP contribution in [0, 0.1) is 0 Å². The van der Waals surface area contributed by atoms with Crippen LogP contribution < -0.4 is 10.1 Å². The molecule has 0 radical (unpaired) electrons. The van der Waals surface area contributed by atoms with Crippen LogP contribution in [0.25, 0.3) is 0 Å². The lowest BCUT2D eigenvalue weighted by atomic mass is 10.2. The zero-order valence-electron chi connectivity index (χ0n) is 11.2. The molecule has 2 rings (SSSR count). The summed E-state index contributed by atoms with van der Waals surface area (Å²) in [5.74, 6) is 1.57. The molecule has 1 aromatic carbocycles. The number of pyridine rings is 1. The molecule has 3 nitrogen and oxygen atoms in total. The van der Waals surface area contributed by atoms with Gasteiger partial charge in [-0.2, -0.15) is 0 Å². The summed E-state index contributed by atoms with van der Waals surface area (Å²) in [6.45, 7) is 0.893. The van der Waals surface area contributed by atoms with Gasteiger partial charge in [-0.15, -0.1) is 11.8 Å². The second-order valence-electron chi connectivity index (χ2n) is 4.14. The van der Waals surface area contributed by atoms with Gasteiger partial charge in [0, 0.05) is 29.0 Å². The monoisotopic (exact) mass is 274 g/mol. The van der Waals surface area contributed by atoms with Crippen LogP contribution in [0.4, 0.5) is 0 Å². The number of nitrogens with one attached hydrogen (secondary N) is 1. The molecule has 0 saturated heterocycles. The van der Waals surface area contributed by atoms with Crippen LogP contribution in [-0.4, -0.2) is 19.1 Å². The third-order valence-electron chi connectivity index (χ3n) is 2.72. The maximum atomic E-state index is 5.26. The van der Waals surface area contributed by atoms with E-state index in [0.29, 0.717) is 5.88 Å². The van der Waals surface area contributed by atoms with Crippen molar-refractivity contribution >= 4 is 11.8 Å². The fourth-order valence-electron chi connectivity index (χ4n) is 1.83. The summed E-state index contributed by atoms with van der Waals surface area (Å²) in [6.07, 6.45) is 1.75. The van der Waals surface area contributed by atoms with Crippen LogP contribution in [-0.2, 0) is 12.3 Å². The van der Waals surface area contributed by atoms with Crippen molar-refractivity contribution in [3.63, 3.8) is 0 Å². The second kappa shape index (κ2) is 7.16. The number of methoxy groups -OCH3 is 1. The SMILES string of the molecule is CNCc1cccc(SCc2cccnc2OC)c1. The van der Waals surface area contributed by atoms with E-state index >= 15 is 0 Å². The molecule has 1 N–H and O–H groups in total. The molecule has 0 fully saturated rings. The van der Waals surface area contributed by atoms with Crippen LogP contribution in [0.5, 0.6) is 5.88 Å². The summed E-state index contributed by atoms with van der Waals surface area (Å²) < 4.78 is 5.26. The summed E-state index contributed by atoms with van der Waals surface area (Å²) in [6, 6.07) is 12.6. The fourth-order valence-corrected chi connectivity index (χ4v) is 2.78. The number of ether oxygens (including phenoxy) is 1. The van der Waals surface area contributed by atoms with Gasteiger partial charge in [-0.05, 0) is 30.8 Å². The van der Waals surface area contributed by atoms with Gasteiger partial charge in [0.05, 0.1) is 7.11 Å². The molecule has 0 spiro atoms. The number of rotatable bonds is 6. The van der Waals surface area contributed by atoms with Crippen LogP contribution in [0.3, 0.4) is 0 Å². The average Bonchev–Trinajstić information content (AvgIpc) is 2.46. The molecule has 0 amide bonds. The molecule has 0 bridgehead atoms. The van der Waals surface area contributed by atoms with E-state index in [4.69, 9.17) is 4.74 Å². The van der Waals surface area contributed by atoms with Crippen molar-refractivity contribution in [1.82, 2.24) is 10.3 Å². The highest BCUT2D eigenvalue weighted by atomic mass is 32.2. The standard InChI is InChI=1S/C15H18N2OS/c1-16-10-12-5-3-7-14(9-12)19-11-13-6-4-8-17-15(13)18-2/h3-9,16H,10-11H2,1-2H3. The topological polar surface area (TPSA) is 34.2 Å². The minimum Gasteiger partial charge on any atom is -0.481 e. The summed E-state index contributed by atoms with van der Waals surface area (Å²) in [5, 5.41) is 3.16. The first kappa shape index (κ1) is 13.9. The number of nitrogens with zero attached hydrogens (tertiary/aromatic N) is 1. The molecule has 0 aliphatic carbocycles. The first-order valence-corrected chi connectivity index (χ1v) is 7.16. The maximum Gasteiger partial charge on any atom is 0.217 e. The molecule has 0 atom stereocenters. The van der Waals surface area contributed by atoms with Crippen molar-refractivity contribution in [1.29, 1.82) is 0 Å². The van der Waals surface area contributed by atoms with Gasteiger partial charge in [-0.1, -0.05) is 18.2 Å². The lowest BCUT2D eigenvalue weighted by Gasteiger charge is -2.07. The number of aromatic nitrogens is 1. The van der Waals surface area contributed by atoms with Gasteiger partial charge in [-0.25, -0.2) is 4.98 Å². The molecule has 0 aliphatic rings. The Morgan fingerprint density at radius 1 is 1.26 bits per heavy atom. The van der Waals surface area contributed by atoms with Gasteiger partial charge < -0.3 is 10.1 Å². The van der Waals surface area contributed by atoms with E-state index in [1.165, 1.54) is 10.5 Å². The molecule has 0 saturated carbocycles. The summed E-state index contributed by atoms with van der Waals surface area (Å²) in [5.41, 5.74) is 2.42. The molecular formula is C15H18N2OS. The first-order chi connectivity index (χ1) is 9.33. The molecule has 1 heterocycles. The normalized spacial score (nSPS) is 10.4. The van der Waals surface area contributed by atoms with Crippen LogP contribution in [0.2, 0.25) is 0 Å². The largest absolute Gasteiger partial charge is 0.481 e. The lowest BCUT2D eigenvalue weighted by Crippen LogP contribution is -2.04. The highest BCUT2D eigenvalue weighted by Crippen LogP contribution is 2.26. The highest BCUT2D eigenvalue weighted by Gasteiger charge is 2.04. The summed E-state index contributed by atoms with van der Waals surface area (Å²) in [7, 11) is 3.62. The zero-order chi connectivity index (χ0) is 13.5. The lowest BCUT2D eigenvalue weighted by molar-refractivity contribution is 0.394. The molecule has 4 heteroatoms. The molecule has 100 valence electrons. The Bertz CT molecular complexity index is 531. The van der Waals surface area contributed by atoms with E-state index in [1.54, 1.807) is 25.1 Å². The van der Waals surface area contributed by atoms with Crippen molar-refractivity contribution in [3.05, 3.63) is 53.7 Å². The van der Waals surface area contributed by atoms with Crippen LogP contribution >= 0.6 is 11.8 Å². The van der Waals surface area contributed by atoms with Gasteiger partial charge in [0.2, 0.25) is 5.88 Å². The average molecular weight is 274 g/mol. The van der Waals surface area contributed by atoms with Crippen molar-refractivity contribution < 1.29 is 4.74 Å². The Balaban J connectivity index is 2.03. The number of thioether (sulfide) groups is 1. The van der Waals surface area contributed by atoms with Gasteiger partial charge in [-0.3, -0.25) is 0 Å². The minimum atomic E-state index is 0.710. The Morgan fingerprint density at radius 3 is 2.95 bits per heavy atom. The van der Waals surface area contributed by atoms with E-state index in [9.17, 15) is 0 Å². The smallest absolute Gasteiger partial charge is 0.217 e. The van der Waals surface area contributed by atoms with Crippen LogP contribution in [0.15, 0.2) is 47.5 Å². The Labute approximate surface area is 118 Å². The van der Waals surface area contributed by atoms with E-state index in [1.807, 2.05) is 13.1 Å². The van der Waals surface area contributed by atoms with Gasteiger partial charge in [0.15, 0.2) is 0 Å². The summed E-state index contributed by atoms with van der Waals surface area (Å²) in [4.78, 5) is 5.47. The van der Waals surface area contributed by atoms with Gasteiger partial charge in [0.1, 0.15) is 0 Å². The highest BCUT2D eigenvalue weighted by molar-refractivity contribution is 7.98. The molecular weight excluding hydrogens is 256 g/mol.